The number of aromatic hydroxyl groups is 1. The lowest BCUT2D eigenvalue weighted by molar-refractivity contribution is 0.0851. The first-order valence-corrected chi connectivity index (χ1v) is 7.13. The molecule has 1 heterocycles. The highest BCUT2D eigenvalue weighted by atomic mass is 16.5. The Balaban J connectivity index is 2.54. The molecule has 0 amide bonds. The smallest absolute Gasteiger partial charge is 0.160 e. The van der Waals surface area contributed by atoms with Gasteiger partial charge in [-0.25, -0.2) is 0 Å². The Bertz CT molecular complexity index is 919. The van der Waals surface area contributed by atoms with Crippen molar-refractivity contribution in [2.24, 2.45) is 0 Å². The average Bonchev–Trinajstić information content (AvgIpc) is 2.84. The second-order valence-corrected chi connectivity index (χ2v) is 5.33. The van der Waals surface area contributed by atoms with Gasteiger partial charge in [0.25, 0.3) is 0 Å². The Labute approximate surface area is 144 Å². The van der Waals surface area contributed by atoms with Crippen molar-refractivity contribution >= 4 is 6.08 Å². The van der Waals surface area contributed by atoms with Crippen molar-refractivity contribution in [3.8, 4) is 29.7 Å². The van der Waals surface area contributed by atoms with Gasteiger partial charge >= 0.3 is 0 Å². The molecular formula is C18H14N4O3. The average molecular weight is 334 g/mol. The number of nitrogens with zero attached hydrogens (tertiary/aromatic N) is 3. The van der Waals surface area contributed by atoms with E-state index in [0.717, 1.165) is 0 Å². The lowest BCUT2D eigenvalue weighted by atomic mass is 10.0. The Kier molecular flexibility index (Phi) is 4.79. The van der Waals surface area contributed by atoms with Crippen molar-refractivity contribution in [2.75, 3.05) is 7.11 Å². The molecule has 7 heteroatoms. The first-order chi connectivity index (χ1) is 11.9. The van der Waals surface area contributed by atoms with Crippen molar-refractivity contribution in [3.63, 3.8) is 0 Å². The minimum Gasteiger partial charge on any atom is -0.507 e. The summed E-state index contributed by atoms with van der Waals surface area (Å²) in [4.78, 5) is 0. The third-order valence-corrected chi connectivity index (χ3v) is 3.66. The molecule has 1 aliphatic rings. The van der Waals surface area contributed by atoms with Gasteiger partial charge in [-0.1, -0.05) is 12.2 Å². The van der Waals surface area contributed by atoms with Crippen molar-refractivity contribution in [3.05, 3.63) is 52.3 Å². The van der Waals surface area contributed by atoms with E-state index < -0.39 is 5.72 Å². The fraction of sp³-hybridized carbons (Fsp3) is 0.167. The molecule has 3 N–H and O–H groups in total. The second kappa shape index (κ2) is 6.80. The molecule has 0 aromatic heterocycles. The highest BCUT2D eigenvalue weighted by Crippen LogP contribution is 2.34. The Hall–Kier alpha value is -3.73. The minimum absolute atomic E-state index is 0.00708. The molecule has 1 aliphatic heterocycles. The molecule has 1 aromatic carbocycles. The van der Waals surface area contributed by atoms with Gasteiger partial charge in [0.1, 0.15) is 29.7 Å². The van der Waals surface area contributed by atoms with E-state index in [0.29, 0.717) is 11.3 Å². The van der Waals surface area contributed by atoms with Gasteiger partial charge in [0, 0.05) is 17.2 Å². The van der Waals surface area contributed by atoms with Gasteiger partial charge < -0.3 is 20.3 Å². The Morgan fingerprint density at radius 1 is 1.24 bits per heavy atom. The van der Waals surface area contributed by atoms with Crippen molar-refractivity contribution < 1.29 is 14.9 Å². The van der Waals surface area contributed by atoms with Crippen LogP contribution in [-0.2, 0) is 0 Å². The molecular weight excluding hydrogens is 320 g/mol. The lowest BCUT2D eigenvalue weighted by Gasteiger charge is -2.20. The summed E-state index contributed by atoms with van der Waals surface area (Å²) < 4.78 is 5.01. The van der Waals surface area contributed by atoms with E-state index in [1.54, 1.807) is 24.3 Å². The van der Waals surface area contributed by atoms with Crippen molar-refractivity contribution in [1.82, 2.24) is 5.32 Å². The summed E-state index contributed by atoms with van der Waals surface area (Å²) in [6.07, 6.45) is 2.96. The molecule has 0 aliphatic carbocycles. The van der Waals surface area contributed by atoms with Crippen LogP contribution in [0.3, 0.4) is 0 Å². The predicted molar refractivity (Wildman–Crippen MR) is 88.3 cm³/mol. The van der Waals surface area contributed by atoms with Crippen LogP contribution in [0.15, 0.2) is 46.7 Å². The predicted octanol–water partition coefficient (Wildman–Crippen LogP) is 1.85. The summed E-state index contributed by atoms with van der Waals surface area (Å²) in [5.41, 5.74) is -1.34. The number of benzene rings is 1. The third kappa shape index (κ3) is 3.30. The van der Waals surface area contributed by atoms with Crippen LogP contribution in [0.4, 0.5) is 0 Å². The van der Waals surface area contributed by atoms with E-state index >= 15 is 0 Å². The van der Waals surface area contributed by atoms with Crippen LogP contribution in [0.25, 0.3) is 6.08 Å². The van der Waals surface area contributed by atoms with E-state index in [-0.39, 0.29) is 28.2 Å². The van der Waals surface area contributed by atoms with Crippen LogP contribution in [0.2, 0.25) is 0 Å². The van der Waals surface area contributed by atoms with Gasteiger partial charge in [0.15, 0.2) is 11.3 Å². The number of nitrogens with one attached hydrogen (secondary N) is 1. The molecule has 0 bridgehead atoms. The zero-order valence-corrected chi connectivity index (χ0v) is 13.5. The molecule has 0 saturated heterocycles. The summed E-state index contributed by atoms with van der Waals surface area (Å²) in [7, 11) is 1.48. The maximum Gasteiger partial charge on any atom is 0.160 e. The standard InChI is InChI=1S/C18H14N4O3/c1-18(24)15(14(10-21)17(22-18)12(8-19)9-20)6-4-11-3-5-13(25-2)7-16(11)23/h3-7,22-24H,1-2H3/b6-4+. The Morgan fingerprint density at radius 2 is 1.92 bits per heavy atom. The summed E-state index contributed by atoms with van der Waals surface area (Å²) in [6.45, 7) is 1.40. The topological polar surface area (TPSA) is 133 Å². The summed E-state index contributed by atoms with van der Waals surface area (Å²) in [6, 6.07) is 9.98. The van der Waals surface area contributed by atoms with Gasteiger partial charge in [0.05, 0.1) is 18.4 Å². The summed E-state index contributed by atoms with van der Waals surface area (Å²) >= 11 is 0. The number of rotatable bonds is 3. The summed E-state index contributed by atoms with van der Waals surface area (Å²) in [5.74, 6) is 0.449. The second-order valence-electron chi connectivity index (χ2n) is 5.33. The molecule has 0 radical (unpaired) electrons. The van der Waals surface area contributed by atoms with Gasteiger partial charge in [-0.05, 0) is 19.1 Å². The normalized spacial score (nSPS) is 19.1. The number of ether oxygens (including phenoxy) is 1. The first-order valence-electron chi connectivity index (χ1n) is 7.13. The quantitative estimate of drug-likeness (QED) is 0.718. The van der Waals surface area contributed by atoms with Crippen LogP contribution in [0, 0.1) is 34.0 Å². The molecule has 1 atom stereocenters. The number of hydrogen-bond donors (Lipinski definition) is 3. The maximum absolute atomic E-state index is 10.5. The molecule has 2 rings (SSSR count). The largest absolute Gasteiger partial charge is 0.507 e. The van der Waals surface area contributed by atoms with E-state index in [1.165, 1.54) is 32.3 Å². The molecule has 0 spiro atoms. The highest BCUT2D eigenvalue weighted by molar-refractivity contribution is 5.67. The number of hydrogen-bond acceptors (Lipinski definition) is 7. The number of nitriles is 3. The fourth-order valence-electron chi connectivity index (χ4n) is 2.40. The van der Waals surface area contributed by atoms with E-state index in [1.807, 2.05) is 6.07 Å². The molecule has 7 nitrogen and oxygen atoms in total. The van der Waals surface area contributed by atoms with Gasteiger partial charge in [-0.3, -0.25) is 0 Å². The maximum atomic E-state index is 10.5. The molecule has 1 unspecified atom stereocenters. The van der Waals surface area contributed by atoms with Crippen LogP contribution in [0.1, 0.15) is 12.5 Å². The number of methoxy groups -OCH3 is 1. The highest BCUT2D eigenvalue weighted by Gasteiger charge is 2.38. The number of phenols is 1. The first kappa shape index (κ1) is 17.6. The van der Waals surface area contributed by atoms with E-state index in [4.69, 9.17) is 15.3 Å². The molecule has 1 aromatic rings. The molecule has 25 heavy (non-hydrogen) atoms. The minimum atomic E-state index is -1.64. The van der Waals surface area contributed by atoms with Gasteiger partial charge in [-0.15, -0.1) is 0 Å². The molecule has 0 fully saturated rings. The van der Waals surface area contributed by atoms with E-state index in [9.17, 15) is 15.5 Å². The van der Waals surface area contributed by atoms with Crippen LogP contribution < -0.4 is 10.1 Å². The van der Waals surface area contributed by atoms with E-state index in [2.05, 4.69) is 5.32 Å². The Morgan fingerprint density at radius 3 is 2.44 bits per heavy atom. The number of phenolic OH excluding ortho intramolecular Hbond substituents is 1. The van der Waals surface area contributed by atoms with Gasteiger partial charge in [0.2, 0.25) is 0 Å². The zero-order valence-electron chi connectivity index (χ0n) is 13.5. The monoisotopic (exact) mass is 334 g/mol. The van der Waals surface area contributed by atoms with Crippen molar-refractivity contribution in [1.29, 1.82) is 15.8 Å². The van der Waals surface area contributed by atoms with Gasteiger partial charge in [-0.2, -0.15) is 15.8 Å². The SMILES string of the molecule is COc1ccc(/C=C/C2=C(C#N)C(=C(C#N)C#N)NC2(C)O)c(O)c1. The third-order valence-electron chi connectivity index (χ3n) is 3.66. The van der Waals surface area contributed by atoms with Crippen LogP contribution in [-0.4, -0.2) is 23.0 Å². The van der Waals surface area contributed by atoms with Crippen molar-refractivity contribution in [2.45, 2.75) is 12.6 Å². The fourth-order valence-corrected chi connectivity index (χ4v) is 2.40. The molecule has 124 valence electrons. The lowest BCUT2D eigenvalue weighted by Crippen LogP contribution is -2.38. The number of allylic oxidation sites excluding steroid dienone is 2. The zero-order chi connectivity index (χ0) is 18.6. The van der Waals surface area contributed by atoms with Crippen LogP contribution >= 0.6 is 0 Å². The van der Waals surface area contributed by atoms with Crippen LogP contribution in [0.5, 0.6) is 11.5 Å². The number of aliphatic hydroxyl groups is 1. The summed E-state index contributed by atoms with van der Waals surface area (Å²) in [5, 5.41) is 50.5. The molecule has 0 saturated carbocycles.